The van der Waals surface area contributed by atoms with Gasteiger partial charge < -0.3 is 18.9 Å². The molecule has 4 rings (SSSR count). The van der Waals surface area contributed by atoms with Crippen LogP contribution in [0.3, 0.4) is 0 Å². The minimum Gasteiger partial charge on any atom is -0.385 e. The van der Waals surface area contributed by atoms with Gasteiger partial charge in [0, 0.05) is 48.7 Å². The summed E-state index contributed by atoms with van der Waals surface area (Å²) in [6.07, 6.45) is 4.89. The number of imidazole rings is 1. The Labute approximate surface area is 164 Å². The van der Waals surface area contributed by atoms with Gasteiger partial charge in [-0.3, -0.25) is 0 Å². The van der Waals surface area contributed by atoms with Crippen molar-refractivity contribution in [2.24, 2.45) is 5.92 Å². The van der Waals surface area contributed by atoms with Crippen LogP contribution in [0.4, 0.5) is 0 Å². The van der Waals surface area contributed by atoms with Crippen molar-refractivity contribution in [1.29, 1.82) is 0 Å². The smallest absolute Gasteiger partial charge is 0.167 e. The van der Waals surface area contributed by atoms with E-state index in [-0.39, 0.29) is 0 Å². The van der Waals surface area contributed by atoms with Gasteiger partial charge in [0.15, 0.2) is 5.76 Å². The van der Waals surface area contributed by atoms with Gasteiger partial charge in [0.2, 0.25) is 0 Å². The van der Waals surface area contributed by atoms with Gasteiger partial charge in [0.1, 0.15) is 17.6 Å². The van der Waals surface area contributed by atoms with Crippen LogP contribution in [0.15, 0.2) is 47.2 Å². The Morgan fingerprint density at radius 1 is 1.25 bits per heavy atom. The standard InChI is InChI=1S/C22H23N3O3/c1-16(26)22-23-10-11-25(22)15-20-14-21(28-24-20)19-6-4-17(5-7-19)2-3-18-8-12-27-13-9-18/h4-7,10-11,14,16,18,26H,8-9,12-13,15H2,1H3/t16-/m0/s1. The second-order valence-electron chi connectivity index (χ2n) is 7.01. The molecule has 6 nitrogen and oxygen atoms in total. The summed E-state index contributed by atoms with van der Waals surface area (Å²) < 4.78 is 12.7. The van der Waals surface area contributed by atoms with Gasteiger partial charge >= 0.3 is 0 Å². The van der Waals surface area contributed by atoms with Gasteiger partial charge in [-0.1, -0.05) is 17.0 Å². The number of hydrogen-bond donors (Lipinski definition) is 1. The Bertz CT molecular complexity index is 970. The van der Waals surface area contributed by atoms with Crippen LogP contribution in [0.2, 0.25) is 0 Å². The molecule has 0 aliphatic carbocycles. The summed E-state index contributed by atoms with van der Waals surface area (Å²) >= 11 is 0. The van der Waals surface area contributed by atoms with E-state index in [4.69, 9.17) is 9.26 Å². The van der Waals surface area contributed by atoms with E-state index in [1.54, 1.807) is 13.1 Å². The molecular formula is C22H23N3O3. The van der Waals surface area contributed by atoms with E-state index in [1.807, 2.05) is 41.1 Å². The zero-order valence-electron chi connectivity index (χ0n) is 15.8. The molecule has 144 valence electrons. The van der Waals surface area contributed by atoms with Crippen LogP contribution in [-0.2, 0) is 11.3 Å². The number of aliphatic hydroxyl groups is 1. The molecule has 1 fully saturated rings. The van der Waals surface area contributed by atoms with Crippen LogP contribution < -0.4 is 0 Å². The summed E-state index contributed by atoms with van der Waals surface area (Å²) in [5, 5.41) is 13.9. The summed E-state index contributed by atoms with van der Waals surface area (Å²) in [5.74, 6) is 8.35. The molecule has 1 aromatic carbocycles. The lowest BCUT2D eigenvalue weighted by molar-refractivity contribution is 0.0807. The number of aromatic nitrogens is 3. The van der Waals surface area contributed by atoms with Crippen molar-refractivity contribution in [2.75, 3.05) is 13.2 Å². The lowest BCUT2D eigenvalue weighted by atomic mass is 10.0. The molecule has 3 heterocycles. The molecule has 2 aromatic heterocycles. The Morgan fingerprint density at radius 2 is 2.04 bits per heavy atom. The van der Waals surface area contributed by atoms with E-state index >= 15 is 0 Å². The lowest BCUT2D eigenvalue weighted by Crippen LogP contribution is -2.13. The fourth-order valence-corrected chi connectivity index (χ4v) is 3.26. The molecule has 0 radical (unpaired) electrons. The molecule has 28 heavy (non-hydrogen) atoms. The molecule has 0 bridgehead atoms. The van der Waals surface area contributed by atoms with Crippen LogP contribution in [0.5, 0.6) is 0 Å². The molecule has 1 aliphatic rings. The first-order valence-corrected chi connectivity index (χ1v) is 9.53. The quantitative estimate of drug-likeness (QED) is 0.706. The van der Waals surface area contributed by atoms with Crippen LogP contribution in [0.1, 0.15) is 43.0 Å². The van der Waals surface area contributed by atoms with E-state index in [0.717, 1.165) is 42.9 Å². The van der Waals surface area contributed by atoms with E-state index in [0.29, 0.717) is 24.0 Å². The SMILES string of the molecule is C[C@H](O)c1nccn1Cc1cc(-c2ccc(C#CC3CCOCC3)cc2)on1. The molecule has 0 spiro atoms. The first kappa shape index (κ1) is 18.5. The highest BCUT2D eigenvalue weighted by Gasteiger charge is 2.13. The molecule has 1 atom stereocenters. The highest BCUT2D eigenvalue weighted by molar-refractivity contribution is 5.59. The number of nitrogens with zero attached hydrogens (tertiary/aromatic N) is 3. The van der Waals surface area contributed by atoms with E-state index in [2.05, 4.69) is 22.0 Å². The number of rotatable bonds is 4. The first-order chi connectivity index (χ1) is 13.7. The number of hydrogen-bond acceptors (Lipinski definition) is 5. The van der Waals surface area contributed by atoms with Crippen molar-refractivity contribution in [2.45, 2.75) is 32.4 Å². The van der Waals surface area contributed by atoms with Crippen molar-refractivity contribution in [3.63, 3.8) is 0 Å². The zero-order valence-corrected chi connectivity index (χ0v) is 15.8. The van der Waals surface area contributed by atoms with Gasteiger partial charge in [0.25, 0.3) is 0 Å². The van der Waals surface area contributed by atoms with Gasteiger partial charge in [-0.15, -0.1) is 0 Å². The van der Waals surface area contributed by atoms with E-state index in [9.17, 15) is 5.11 Å². The predicted molar refractivity (Wildman–Crippen MR) is 104 cm³/mol. The van der Waals surface area contributed by atoms with Gasteiger partial charge in [0.05, 0.1) is 6.54 Å². The minimum absolute atomic E-state index is 0.431. The fourth-order valence-electron chi connectivity index (χ4n) is 3.26. The van der Waals surface area contributed by atoms with Gasteiger partial charge in [-0.05, 0) is 44.0 Å². The number of benzene rings is 1. The largest absolute Gasteiger partial charge is 0.385 e. The Kier molecular flexibility index (Phi) is 5.56. The zero-order chi connectivity index (χ0) is 19.3. The summed E-state index contributed by atoms with van der Waals surface area (Å²) in [7, 11) is 0. The maximum Gasteiger partial charge on any atom is 0.167 e. The average molecular weight is 377 g/mol. The van der Waals surface area contributed by atoms with Crippen LogP contribution in [0.25, 0.3) is 11.3 Å². The Morgan fingerprint density at radius 3 is 2.79 bits per heavy atom. The molecule has 0 amide bonds. The summed E-state index contributed by atoms with van der Waals surface area (Å²) in [6.45, 7) is 3.81. The monoisotopic (exact) mass is 377 g/mol. The third-order valence-corrected chi connectivity index (χ3v) is 4.82. The summed E-state index contributed by atoms with van der Waals surface area (Å²) in [4.78, 5) is 4.17. The van der Waals surface area contributed by atoms with E-state index < -0.39 is 6.10 Å². The number of aliphatic hydroxyl groups excluding tert-OH is 1. The average Bonchev–Trinajstić information content (AvgIpc) is 3.38. The maximum absolute atomic E-state index is 9.76. The van der Waals surface area contributed by atoms with Crippen molar-refractivity contribution in [3.05, 3.63) is 59.8 Å². The predicted octanol–water partition coefficient (Wildman–Crippen LogP) is 3.42. The Balaban J connectivity index is 1.44. The van der Waals surface area contributed by atoms with Crippen molar-refractivity contribution >= 4 is 0 Å². The third kappa shape index (κ3) is 4.33. The van der Waals surface area contributed by atoms with Crippen molar-refractivity contribution in [3.8, 4) is 23.2 Å². The van der Waals surface area contributed by atoms with Gasteiger partial charge in [-0.2, -0.15) is 0 Å². The van der Waals surface area contributed by atoms with Crippen LogP contribution >= 0.6 is 0 Å². The highest BCUT2D eigenvalue weighted by Crippen LogP contribution is 2.22. The molecule has 1 N–H and O–H groups in total. The molecule has 0 unspecified atom stereocenters. The maximum atomic E-state index is 9.76. The first-order valence-electron chi connectivity index (χ1n) is 9.53. The molecule has 1 aliphatic heterocycles. The normalized spacial score (nSPS) is 15.8. The summed E-state index contributed by atoms with van der Waals surface area (Å²) in [5.41, 5.74) is 2.73. The molecule has 1 saturated heterocycles. The third-order valence-electron chi connectivity index (χ3n) is 4.82. The Hall–Kier alpha value is -2.88. The molecular weight excluding hydrogens is 354 g/mol. The molecule has 3 aromatic rings. The van der Waals surface area contributed by atoms with Crippen LogP contribution in [0, 0.1) is 17.8 Å². The minimum atomic E-state index is -0.629. The highest BCUT2D eigenvalue weighted by atomic mass is 16.5. The fraction of sp³-hybridized carbons (Fsp3) is 0.364. The number of ether oxygens (including phenoxy) is 1. The topological polar surface area (TPSA) is 73.3 Å². The second kappa shape index (κ2) is 8.42. The van der Waals surface area contributed by atoms with Crippen molar-refractivity contribution < 1.29 is 14.4 Å². The van der Waals surface area contributed by atoms with Gasteiger partial charge in [-0.25, -0.2) is 4.98 Å². The van der Waals surface area contributed by atoms with E-state index in [1.165, 1.54) is 0 Å². The second-order valence-corrected chi connectivity index (χ2v) is 7.01. The summed E-state index contributed by atoms with van der Waals surface area (Å²) in [6, 6.07) is 9.92. The molecule has 0 saturated carbocycles. The molecule has 6 heteroatoms. The van der Waals surface area contributed by atoms with Crippen LogP contribution in [-0.4, -0.2) is 33.0 Å². The lowest BCUT2D eigenvalue weighted by Gasteiger charge is -2.16. The van der Waals surface area contributed by atoms with Crippen molar-refractivity contribution in [1.82, 2.24) is 14.7 Å².